The van der Waals surface area contributed by atoms with Crippen molar-refractivity contribution in [1.29, 1.82) is 0 Å². The SMILES string of the molecule is COc1cc(CCN(C(=O)OC(C)(C)C)[C@@H](C)C2CCN(C(=O)C3CC3)CC2)c(Cl)cc1N. The zero-order valence-corrected chi connectivity index (χ0v) is 21.3. The Kier molecular flexibility index (Phi) is 8.04. The van der Waals surface area contributed by atoms with Crippen LogP contribution in [0.25, 0.3) is 0 Å². The molecule has 7 nitrogen and oxygen atoms in total. The van der Waals surface area contributed by atoms with E-state index >= 15 is 0 Å². The summed E-state index contributed by atoms with van der Waals surface area (Å²) in [5.41, 5.74) is 6.72. The number of likely N-dealkylation sites (tertiary alicyclic amines) is 1. The van der Waals surface area contributed by atoms with Gasteiger partial charge in [-0.05, 0) is 83.4 Å². The van der Waals surface area contributed by atoms with Gasteiger partial charge in [-0.3, -0.25) is 4.79 Å². The number of methoxy groups -OCH3 is 1. The van der Waals surface area contributed by atoms with E-state index in [0.717, 1.165) is 44.3 Å². The van der Waals surface area contributed by atoms with Crippen LogP contribution in [0.1, 0.15) is 58.9 Å². The number of rotatable bonds is 7. The van der Waals surface area contributed by atoms with E-state index in [9.17, 15) is 9.59 Å². The number of anilines is 1. The predicted molar refractivity (Wildman–Crippen MR) is 131 cm³/mol. The molecule has 1 saturated heterocycles. The number of carbonyl (C=O) groups is 2. The molecule has 1 aliphatic heterocycles. The van der Waals surface area contributed by atoms with E-state index in [1.54, 1.807) is 13.2 Å². The van der Waals surface area contributed by atoms with Crippen LogP contribution in [-0.2, 0) is 16.0 Å². The lowest BCUT2D eigenvalue weighted by Gasteiger charge is -2.40. The lowest BCUT2D eigenvalue weighted by atomic mass is 9.89. The van der Waals surface area contributed by atoms with Crippen molar-refractivity contribution in [3.8, 4) is 5.75 Å². The minimum atomic E-state index is -0.586. The summed E-state index contributed by atoms with van der Waals surface area (Å²) in [5, 5.41) is 0.553. The molecule has 0 radical (unpaired) electrons. The number of halogens is 1. The maximum absolute atomic E-state index is 13.2. The van der Waals surface area contributed by atoms with Gasteiger partial charge in [0, 0.05) is 36.6 Å². The standard InChI is InChI=1S/C25H38ClN3O4/c1-16(17-8-11-28(12-9-17)23(30)18-6-7-18)29(24(31)33-25(2,3)4)13-10-19-14-22(32-5)21(27)15-20(19)26/h14-18H,6-13,27H2,1-5H3/t16-/m0/s1. The van der Waals surface area contributed by atoms with E-state index in [1.165, 1.54) is 0 Å². The molecule has 0 aromatic heterocycles. The second-order valence-electron chi connectivity index (χ2n) is 10.3. The summed E-state index contributed by atoms with van der Waals surface area (Å²) < 4.78 is 11.1. The van der Waals surface area contributed by atoms with E-state index in [-0.39, 0.29) is 18.1 Å². The van der Waals surface area contributed by atoms with Crippen LogP contribution in [0, 0.1) is 11.8 Å². The first-order chi connectivity index (χ1) is 15.5. The Bertz CT molecular complexity index is 858. The molecule has 0 bridgehead atoms. The molecule has 33 heavy (non-hydrogen) atoms. The van der Waals surface area contributed by atoms with Crippen molar-refractivity contribution >= 4 is 29.3 Å². The molecule has 1 heterocycles. The quantitative estimate of drug-likeness (QED) is 0.570. The first-order valence-corrected chi connectivity index (χ1v) is 12.3. The first kappa shape index (κ1) is 25.5. The maximum Gasteiger partial charge on any atom is 0.410 e. The van der Waals surface area contributed by atoms with Crippen molar-refractivity contribution in [3.63, 3.8) is 0 Å². The Balaban J connectivity index is 1.70. The number of hydrogen-bond acceptors (Lipinski definition) is 5. The topological polar surface area (TPSA) is 85.1 Å². The maximum atomic E-state index is 13.2. The van der Waals surface area contributed by atoms with Gasteiger partial charge < -0.3 is 25.0 Å². The van der Waals surface area contributed by atoms with Gasteiger partial charge in [-0.25, -0.2) is 4.79 Å². The van der Waals surface area contributed by atoms with Crippen molar-refractivity contribution in [1.82, 2.24) is 9.80 Å². The second-order valence-corrected chi connectivity index (χ2v) is 10.7. The molecule has 1 atom stereocenters. The minimum absolute atomic E-state index is 0.0209. The largest absolute Gasteiger partial charge is 0.495 e. The lowest BCUT2D eigenvalue weighted by molar-refractivity contribution is -0.134. The highest BCUT2D eigenvalue weighted by molar-refractivity contribution is 6.31. The normalized spacial score (nSPS) is 18.1. The van der Waals surface area contributed by atoms with Crippen molar-refractivity contribution < 1.29 is 19.1 Å². The number of nitrogens with zero attached hydrogens (tertiary/aromatic N) is 2. The fraction of sp³-hybridized carbons (Fsp3) is 0.680. The van der Waals surface area contributed by atoms with Crippen LogP contribution in [0.15, 0.2) is 12.1 Å². The summed E-state index contributed by atoms with van der Waals surface area (Å²) in [7, 11) is 1.57. The predicted octanol–water partition coefficient (Wildman–Crippen LogP) is 4.75. The average molecular weight is 480 g/mol. The lowest BCUT2D eigenvalue weighted by Crippen LogP contribution is -2.49. The highest BCUT2D eigenvalue weighted by Gasteiger charge is 2.37. The molecule has 1 aromatic rings. The number of hydrogen-bond donors (Lipinski definition) is 1. The molecule has 0 spiro atoms. The van der Waals surface area contributed by atoms with Crippen LogP contribution in [0.5, 0.6) is 5.75 Å². The molecule has 2 fully saturated rings. The third-order valence-corrected chi connectivity index (χ3v) is 6.95. The Hall–Kier alpha value is -2.15. The number of amides is 2. The Morgan fingerprint density at radius 3 is 2.39 bits per heavy atom. The third kappa shape index (κ3) is 6.69. The number of benzene rings is 1. The van der Waals surface area contributed by atoms with Gasteiger partial charge in [0.1, 0.15) is 11.4 Å². The van der Waals surface area contributed by atoms with Crippen molar-refractivity contribution in [2.24, 2.45) is 11.8 Å². The van der Waals surface area contributed by atoms with Crippen LogP contribution >= 0.6 is 11.6 Å². The van der Waals surface area contributed by atoms with Crippen molar-refractivity contribution in [2.75, 3.05) is 32.5 Å². The summed E-state index contributed by atoms with van der Waals surface area (Å²) in [4.78, 5) is 29.4. The van der Waals surface area contributed by atoms with Crippen LogP contribution in [0.2, 0.25) is 5.02 Å². The molecular formula is C25H38ClN3O4. The molecule has 184 valence electrons. The summed E-state index contributed by atoms with van der Waals surface area (Å²) in [6.45, 7) is 9.68. The van der Waals surface area contributed by atoms with Gasteiger partial charge >= 0.3 is 6.09 Å². The van der Waals surface area contributed by atoms with Crippen LogP contribution < -0.4 is 10.5 Å². The number of ether oxygens (including phenoxy) is 2. The molecule has 2 amide bonds. The van der Waals surface area contributed by atoms with Gasteiger partial charge in [0.15, 0.2) is 0 Å². The summed E-state index contributed by atoms with van der Waals surface area (Å²) in [6.07, 6.45) is 4.05. The molecule has 2 N–H and O–H groups in total. The van der Waals surface area contributed by atoms with E-state index < -0.39 is 5.60 Å². The van der Waals surface area contributed by atoms with Gasteiger partial charge in [-0.2, -0.15) is 0 Å². The van der Waals surface area contributed by atoms with Gasteiger partial charge in [-0.15, -0.1) is 0 Å². The highest BCUT2D eigenvalue weighted by atomic mass is 35.5. The smallest absolute Gasteiger partial charge is 0.410 e. The molecule has 1 aromatic carbocycles. The van der Waals surface area contributed by atoms with Crippen molar-refractivity contribution in [2.45, 2.75) is 71.4 Å². The zero-order chi connectivity index (χ0) is 24.3. The van der Waals surface area contributed by atoms with Gasteiger partial charge in [0.05, 0.1) is 12.8 Å². The number of carbonyl (C=O) groups excluding carboxylic acids is 2. The number of piperidine rings is 1. The Morgan fingerprint density at radius 2 is 1.85 bits per heavy atom. The van der Waals surface area contributed by atoms with Gasteiger partial charge in [0.25, 0.3) is 0 Å². The van der Waals surface area contributed by atoms with Crippen LogP contribution in [-0.4, -0.2) is 60.2 Å². The molecule has 3 rings (SSSR count). The van der Waals surface area contributed by atoms with Crippen LogP contribution in [0.3, 0.4) is 0 Å². The monoisotopic (exact) mass is 479 g/mol. The highest BCUT2D eigenvalue weighted by Crippen LogP contribution is 2.34. The molecule has 1 saturated carbocycles. The Morgan fingerprint density at radius 1 is 1.21 bits per heavy atom. The van der Waals surface area contributed by atoms with E-state index in [4.69, 9.17) is 26.8 Å². The number of nitrogens with two attached hydrogens (primary N) is 1. The molecule has 0 unspecified atom stereocenters. The van der Waals surface area contributed by atoms with E-state index in [1.807, 2.05) is 36.6 Å². The summed E-state index contributed by atoms with van der Waals surface area (Å²) >= 11 is 6.42. The van der Waals surface area contributed by atoms with Crippen LogP contribution in [0.4, 0.5) is 10.5 Å². The fourth-order valence-corrected chi connectivity index (χ4v) is 4.71. The summed E-state index contributed by atoms with van der Waals surface area (Å²) in [5.74, 6) is 1.42. The second kappa shape index (κ2) is 10.4. The molecule has 1 aliphatic carbocycles. The Labute approximate surface area is 202 Å². The number of nitrogen functional groups attached to an aromatic ring is 1. The molecule has 8 heteroatoms. The van der Waals surface area contributed by atoms with Gasteiger partial charge in [-0.1, -0.05) is 11.6 Å². The average Bonchev–Trinajstić information content (AvgIpc) is 3.59. The molecular weight excluding hydrogens is 442 g/mol. The van der Waals surface area contributed by atoms with E-state index in [0.29, 0.717) is 41.3 Å². The van der Waals surface area contributed by atoms with Crippen molar-refractivity contribution in [3.05, 3.63) is 22.7 Å². The van der Waals surface area contributed by atoms with E-state index in [2.05, 4.69) is 6.92 Å². The first-order valence-electron chi connectivity index (χ1n) is 11.9. The zero-order valence-electron chi connectivity index (χ0n) is 20.5. The molecule has 2 aliphatic rings. The fourth-order valence-electron chi connectivity index (χ4n) is 4.45. The van der Waals surface area contributed by atoms with Gasteiger partial charge in [0.2, 0.25) is 5.91 Å². The minimum Gasteiger partial charge on any atom is -0.495 e. The summed E-state index contributed by atoms with van der Waals surface area (Å²) in [6, 6.07) is 3.49. The third-order valence-electron chi connectivity index (χ3n) is 6.60.